The number of rotatable bonds is 4. The highest BCUT2D eigenvalue weighted by molar-refractivity contribution is 9.10. The van der Waals surface area contributed by atoms with Gasteiger partial charge in [0.05, 0.1) is 15.6 Å². The normalized spacial score (nSPS) is 15.2. The van der Waals surface area contributed by atoms with Crippen LogP contribution in [0.4, 0.5) is 11.4 Å². The predicted molar refractivity (Wildman–Crippen MR) is 126 cm³/mol. The fraction of sp³-hybridized carbons (Fsp3) is 0. The Hall–Kier alpha value is -3.34. The first-order valence-electron chi connectivity index (χ1n) is 8.96. The Morgan fingerprint density at radius 2 is 1.84 bits per heavy atom. The molecule has 2 heterocycles. The highest BCUT2D eigenvalue weighted by atomic mass is 79.9. The number of benzene rings is 2. The Morgan fingerprint density at radius 1 is 1.12 bits per heavy atom. The van der Waals surface area contributed by atoms with E-state index in [4.69, 9.17) is 28.2 Å². The van der Waals surface area contributed by atoms with Gasteiger partial charge in [0.1, 0.15) is 17.1 Å². The summed E-state index contributed by atoms with van der Waals surface area (Å²) in [5.74, 6) is -0.855. The monoisotopic (exact) mass is 531 g/mol. The van der Waals surface area contributed by atoms with Crippen molar-refractivity contribution >= 4 is 74.1 Å². The van der Waals surface area contributed by atoms with Crippen LogP contribution in [-0.2, 0) is 9.59 Å². The molecule has 2 aromatic carbocycles. The maximum Gasteiger partial charge on any atom is 0.270 e. The predicted octanol–water partition coefficient (Wildman–Crippen LogP) is 5.10. The SMILES string of the molecule is O=C1NC(=S)N(c2ccc(Br)cc2)C(=O)/C1=C/c1ccc(-c2cc([N+](=O)[O-])ccc2Cl)o1. The molecule has 1 N–H and O–H groups in total. The molecule has 0 atom stereocenters. The number of nitro benzene ring substituents is 1. The van der Waals surface area contributed by atoms with Crippen molar-refractivity contribution in [2.75, 3.05) is 4.90 Å². The molecular weight excluding hydrogens is 522 g/mol. The summed E-state index contributed by atoms with van der Waals surface area (Å²) in [5, 5.41) is 13.8. The summed E-state index contributed by atoms with van der Waals surface area (Å²) >= 11 is 14.7. The van der Waals surface area contributed by atoms with Crippen LogP contribution in [0.5, 0.6) is 0 Å². The Balaban J connectivity index is 1.69. The average molecular weight is 533 g/mol. The Morgan fingerprint density at radius 3 is 2.53 bits per heavy atom. The number of non-ortho nitro benzene ring substituents is 1. The van der Waals surface area contributed by atoms with Gasteiger partial charge in [-0.15, -0.1) is 0 Å². The topological polar surface area (TPSA) is 106 Å². The Labute approximate surface area is 199 Å². The second kappa shape index (κ2) is 8.65. The molecule has 4 rings (SSSR count). The Bertz CT molecular complexity index is 1320. The number of hydrogen-bond donors (Lipinski definition) is 1. The summed E-state index contributed by atoms with van der Waals surface area (Å²) in [6, 6.07) is 13.9. The minimum Gasteiger partial charge on any atom is -0.457 e. The molecule has 11 heteroatoms. The van der Waals surface area contributed by atoms with Crippen molar-refractivity contribution in [2.45, 2.75) is 0 Å². The number of thiocarbonyl (C=S) groups is 1. The summed E-state index contributed by atoms with van der Waals surface area (Å²) in [5.41, 5.74) is 0.453. The van der Waals surface area contributed by atoms with Crippen LogP contribution >= 0.6 is 39.7 Å². The van der Waals surface area contributed by atoms with Gasteiger partial charge in [-0.2, -0.15) is 0 Å². The van der Waals surface area contributed by atoms with Gasteiger partial charge >= 0.3 is 0 Å². The van der Waals surface area contributed by atoms with E-state index in [9.17, 15) is 19.7 Å². The molecule has 8 nitrogen and oxygen atoms in total. The average Bonchev–Trinajstić information content (AvgIpc) is 3.21. The van der Waals surface area contributed by atoms with Crippen LogP contribution in [0.1, 0.15) is 5.76 Å². The maximum atomic E-state index is 13.0. The highest BCUT2D eigenvalue weighted by Crippen LogP contribution is 2.33. The lowest BCUT2D eigenvalue weighted by Crippen LogP contribution is -2.54. The molecule has 3 aromatic rings. The molecule has 0 spiro atoms. The van der Waals surface area contributed by atoms with Crippen molar-refractivity contribution < 1.29 is 18.9 Å². The zero-order valence-corrected chi connectivity index (χ0v) is 19.0. The molecule has 1 aliphatic rings. The van der Waals surface area contributed by atoms with Crippen molar-refractivity contribution in [1.82, 2.24) is 5.32 Å². The van der Waals surface area contributed by atoms with Crippen LogP contribution in [-0.4, -0.2) is 21.9 Å². The molecule has 2 amide bonds. The van der Waals surface area contributed by atoms with Crippen molar-refractivity contribution in [3.8, 4) is 11.3 Å². The largest absolute Gasteiger partial charge is 0.457 e. The number of halogens is 2. The number of nitro groups is 1. The van der Waals surface area contributed by atoms with E-state index in [1.807, 2.05) is 0 Å². The van der Waals surface area contributed by atoms with Crippen molar-refractivity contribution in [2.24, 2.45) is 0 Å². The molecule has 1 aromatic heterocycles. The van der Waals surface area contributed by atoms with Gasteiger partial charge in [-0.05, 0) is 60.8 Å². The lowest BCUT2D eigenvalue weighted by atomic mass is 10.1. The second-order valence-corrected chi connectivity index (χ2v) is 8.27. The van der Waals surface area contributed by atoms with Gasteiger partial charge in [-0.1, -0.05) is 27.5 Å². The third kappa shape index (κ3) is 4.20. The molecule has 0 radical (unpaired) electrons. The number of nitrogens with zero attached hydrogens (tertiary/aromatic N) is 2. The lowest BCUT2D eigenvalue weighted by Gasteiger charge is -2.28. The molecule has 1 fully saturated rings. The second-order valence-electron chi connectivity index (χ2n) is 6.56. The first kappa shape index (κ1) is 21.9. The zero-order valence-electron chi connectivity index (χ0n) is 15.9. The van der Waals surface area contributed by atoms with Crippen LogP contribution < -0.4 is 10.2 Å². The summed E-state index contributed by atoms with van der Waals surface area (Å²) < 4.78 is 6.51. The van der Waals surface area contributed by atoms with E-state index < -0.39 is 16.7 Å². The van der Waals surface area contributed by atoms with Gasteiger partial charge in [-0.3, -0.25) is 29.9 Å². The fourth-order valence-electron chi connectivity index (χ4n) is 3.02. The van der Waals surface area contributed by atoms with Crippen LogP contribution in [0, 0.1) is 10.1 Å². The van der Waals surface area contributed by atoms with E-state index in [-0.39, 0.29) is 32.9 Å². The minimum absolute atomic E-state index is 0.0389. The van der Waals surface area contributed by atoms with Gasteiger partial charge < -0.3 is 4.42 Å². The third-order valence-corrected chi connectivity index (χ3v) is 5.67. The molecule has 0 saturated carbocycles. The highest BCUT2D eigenvalue weighted by Gasteiger charge is 2.34. The minimum atomic E-state index is -0.667. The summed E-state index contributed by atoms with van der Waals surface area (Å²) in [4.78, 5) is 37.2. The summed E-state index contributed by atoms with van der Waals surface area (Å²) in [7, 11) is 0. The smallest absolute Gasteiger partial charge is 0.270 e. The number of carbonyl (C=O) groups is 2. The van der Waals surface area contributed by atoms with E-state index in [0.29, 0.717) is 11.3 Å². The van der Waals surface area contributed by atoms with E-state index in [2.05, 4.69) is 21.2 Å². The van der Waals surface area contributed by atoms with Crippen molar-refractivity contribution in [3.63, 3.8) is 0 Å². The summed E-state index contributed by atoms with van der Waals surface area (Å²) in [6.07, 6.45) is 1.28. The fourth-order valence-corrected chi connectivity index (χ4v) is 3.77. The Kier molecular flexibility index (Phi) is 5.92. The van der Waals surface area contributed by atoms with E-state index in [1.165, 1.54) is 35.2 Å². The first-order valence-corrected chi connectivity index (χ1v) is 10.5. The molecule has 0 aliphatic carbocycles. The lowest BCUT2D eigenvalue weighted by molar-refractivity contribution is -0.384. The van der Waals surface area contributed by atoms with Crippen LogP contribution in [0.25, 0.3) is 17.4 Å². The van der Waals surface area contributed by atoms with E-state index in [1.54, 1.807) is 30.3 Å². The molecule has 0 bridgehead atoms. The number of furan rings is 1. The molecule has 160 valence electrons. The van der Waals surface area contributed by atoms with Gasteiger partial charge in [-0.25, -0.2) is 0 Å². The molecule has 32 heavy (non-hydrogen) atoms. The van der Waals surface area contributed by atoms with E-state index in [0.717, 1.165) is 4.47 Å². The standard InChI is InChI=1S/C21H11BrClN3O5S/c22-11-1-3-12(4-2-11)25-20(28)16(19(27)24-21(25)32)10-14-6-8-18(31-14)15-9-13(26(29)30)5-7-17(15)23/h1-10H,(H,24,27,32)/b16-10+. The van der Waals surface area contributed by atoms with Gasteiger partial charge in [0.2, 0.25) is 0 Å². The quantitative estimate of drug-likeness (QED) is 0.165. The summed E-state index contributed by atoms with van der Waals surface area (Å²) in [6.45, 7) is 0. The van der Waals surface area contributed by atoms with Crippen LogP contribution in [0.15, 0.2) is 69.1 Å². The van der Waals surface area contributed by atoms with Crippen LogP contribution in [0.2, 0.25) is 5.02 Å². The van der Waals surface area contributed by atoms with Crippen molar-refractivity contribution in [3.05, 3.63) is 85.5 Å². The van der Waals surface area contributed by atoms with Crippen LogP contribution in [0.3, 0.4) is 0 Å². The van der Waals surface area contributed by atoms with Gasteiger partial charge in [0.15, 0.2) is 5.11 Å². The van der Waals surface area contributed by atoms with Gasteiger partial charge in [0, 0.05) is 22.2 Å². The molecule has 1 saturated heterocycles. The number of hydrogen-bond acceptors (Lipinski definition) is 6. The molecule has 0 unspecified atom stereocenters. The molecule has 1 aliphatic heterocycles. The molecular formula is C21H11BrClN3O5S. The number of carbonyl (C=O) groups excluding carboxylic acids is 2. The number of nitrogens with one attached hydrogen (secondary N) is 1. The van der Waals surface area contributed by atoms with Gasteiger partial charge in [0.25, 0.3) is 17.5 Å². The number of amides is 2. The van der Waals surface area contributed by atoms with Crippen molar-refractivity contribution in [1.29, 1.82) is 0 Å². The third-order valence-electron chi connectivity index (χ3n) is 4.53. The number of anilines is 1. The maximum absolute atomic E-state index is 13.0. The van der Waals surface area contributed by atoms with E-state index >= 15 is 0 Å². The first-order chi connectivity index (χ1) is 15.2. The zero-order chi connectivity index (χ0) is 23.0.